The number of aliphatic carboxylic acids is 1. The predicted octanol–water partition coefficient (Wildman–Crippen LogP) is 5.00. The highest BCUT2D eigenvalue weighted by molar-refractivity contribution is 5.73. The van der Waals surface area contributed by atoms with Crippen LogP contribution in [0.4, 0.5) is 0 Å². The molecule has 7 heteroatoms. The van der Waals surface area contributed by atoms with Gasteiger partial charge in [-0.25, -0.2) is 4.98 Å². The first-order valence-electron chi connectivity index (χ1n) is 10.2. The second-order valence-corrected chi connectivity index (χ2v) is 8.27. The topological polar surface area (TPSA) is 101 Å². The van der Waals surface area contributed by atoms with Gasteiger partial charge in [0.1, 0.15) is 18.2 Å². The Bertz CT molecular complexity index is 1230. The maximum absolute atomic E-state index is 11.2. The zero-order valence-electron chi connectivity index (χ0n) is 18.2. The summed E-state index contributed by atoms with van der Waals surface area (Å²) < 4.78 is 5.63. The number of hydrogen-bond donors (Lipinski definition) is 2. The first kappa shape index (κ1) is 21.2. The minimum absolute atomic E-state index is 0.0956. The van der Waals surface area contributed by atoms with Gasteiger partial charge >= 0.3 is 5.97 Å². The number of hydrogen-bond acceptors (Lipinski definition) is 5. The molecule has 32 heavy (non-hydrogen) atoms. The molecule has 162 valence electrons. The van der Waals surface area contributed by atoms with Gasteiger partial charge in [-0.2, -0.15) is 0 Å². The van der Waals surface area contributed by atoms with Gasteiger partial charge in [0.15, 0.2) is 0 Å². The van der Waals surface area contributed by atoms with E-state index < -0.39 is 11.4 Å². The van der Waals surface area contributed by atoms with Crippen LogP contribution in [0.3, 0.4) is 0 Å². The molecule has 0 saturated heterocycles. The van der Waals surface area contributed by atoms with Crippen LogP contribution < -0.4 is 4.74 Å². The van der Waals surface area contributed by atoms with Gasteiger partial charge in [-0.15, -0.1) is 0 Å². The number of ether oxygens (including phenoxy) is 1. The van der Waals surface area contributed by atoms with Crippen molar-refractivity contribution < 1.29 is 14.6 Å². The summed E-state index contributed by atoms with van der Waals surface area (Å²) in [7, 11) is 0. The smallest absolute Gasteiger partial charge is 0.312 e. The normalized spacial score (nSPS) is 11.3. The average molecular weight is 428 g/mol. The van der Waals surface area contributed by atoms with Gasteiger partial charge in [0.2, 0.25) is 0 Å². The van der Waals surface area contributed by atoms with E-state index in [1.54, 1.807) is 32.4 Å². The predicted molar refractivity (Wildman–Crippen MR) is 122 cm³/mol. The molecule has 3 aromatic heterocycles. The number of imidazole rings is 1. The van der Waals surface area contributed by atoms with Crippen LogP contribution in [0.2, 0.25) is 0 Å². The van der Waals surface area contributed by atoms with Gasteiger partial charge in [0.05, 0.1) is 23.0 Å². The summed E-state index contributed by atoms with van der Waals surface area (Å²) in [4.78, 5) is 27.8. The molecule has 2 N–H and O–H groups in total. The molecule has 4 aromatic rings. The molecule has 0 amide bonds. The summed E-state index contributed by atoms with van der Waals surface area (Å²) in [6.45, 7) is 5.40. The highest BCUT2D eigenvalue weighted by Gasteiger charge is 2.28. The van der Waals surface area contributed by atoms with Gasteiger partial charge in [-0.1, -0.05) is 0 Å². The number of carboxylic acid groups (broad SMARTS) is 1. The number of carbonyl (C=O) groups is 1. The van der Waals surface area contributed by atoms with Crippen LogP contribution in [0.5, 0.6) is 5.75 Å². The van der Waals surface area contributed by atoms with E-state index >= 15 is 0 Å². The maximum Gasteiger partial charge on any atom is 0.312 e. The minimum atomic E-state index is -0.947. The Labute approximate surface area is 186 Å². The molecule has 0 radical (unpaired) electrons. The highest BCUT2D eigenvalue weighted by Crippen LogP contribution is 2.26. The lowest BCUT2D eigenvalue weighted by Crippen LogP contribution is -2.30. The van der Waals surface area contributed by atoms with E-state index in [9.17, 15) is 9.90 Å². The Kier molecular flexibility index (Phi) is 5.73. The van der Waals surface area contributed by atoms with Crippen molar-refractivity contribution in [3.63, 3.8) is 0 Å². The molecule has 0 spiro atoms. The number of aromatic amines is 1. The lowest BCUT2D eigenvalue weighted by molar-refractivity contribution is -0.148. The van der Waals surface area contributed by atoms with Crippen molar-refractivity contribution in [2.75, 3.05) is 6.61 Å². The number of nitrogens with one attached hydrogen (secondary N) is 1. The zero-order chi connectivity index (χ0) is 22.7. The quantitative estimate of drug-likeness (QED) is 0.430. The van der Waals surface area contributed by atoms with Crippen LogP contribution in [-0.4, -0.2) is 37.6 Å². The summed E-state index contributed by atoms with van der Waals surface area (Å²) in [5.41, 5.74) is 4.76. The Balaban J connectivity index is 1.46. The van der Waals surface area contributed by atoms with Gasteiger partial charge in [0.25, 0.3) is 0 Å². The Morgan fingerprint density at radius 2 is 1.75 bits per heavy atom. The number of nitrogens with zero attached hydrogens (tertiary/aromatic N) is 3. The molecule has 1 aromatic carbocycles. The fourth-order valence-corrected chi connectivity index (χ4v) is 3.10. The summed E-state index contributed by atoms with van der Waals surface area (Å²) in [5, 5.41) is 9.19. The van der Waals surface area contributed by atoms with Gasteiger partial charge in [-0.3, -0.25) is 14.8 Å². The second kappa shape index (κ2) is 8.63. The fraction of sp³-hybridized carbons (Fsp3) is 0.200. The van der Waals surface area contributed by atoms with Crippen molar-refractivity contribution >= 4 is 5.97 Å². The molecule has 0 aliphatic heterocycles. The molecule has 3 heterocycles. The molecule has 0 aliphatic carbocycles. The lowest BCUT2D eigenvalue weighted by Gasteiger charge is -2.19. The second-order valence-electron chi connectivity index (χ2n) is 8.27. The van der Waals surface area contributed by atoms with E-state index in [-0.39, 0.29) is 6.61 Å². The van der Waals surface area contributed by atoms with Crippen LogP contribution in [0, 0.1) is 12.3 Å². The third-order valence-corrected chi connectivity index (χ3v) is 5.27. The Morgan fingerprint density at radius 3 is 2.41 bits per heavy atom. The molecule has 0 bridgehead atoms. The first-order chi connectivity index (χ1) is 15.3. The van der Waals surface area contributed by atoms with Crippen LogP contribution in [-0.2, 0) is 4.79 Å². The van der Waals surface area contributed by atoms with Crippen LogP contribution >= 0.6 is 0 Å². The van der Waals surface area contributed by atoms with E-state index in [0.29, 0.717) is 5.75 Å². The van der Waals surface area contributed by atoms with Gasteiger partial charge in [-0.05, 0) is 68.8 Å². The monoisotopic (exact) mass is 428 g/mol. The third-order valence-electron chi connectivity index (χ3n) is 5.27. The van der Waals surface area contributed by atoms with Crippen LogP contribution in [0.15, 0.2) is 67.3 Å². The Morgan fingerprint density at radius 1 is 1.00 bits per heavy atom. The number of carboxylic acids is 1. The van der Waals surface area contributed by atoms with Gasteiger partial charge in [0, 0.05) is 35.3 Å². The number of aryl methyl sites for hydroxylation is 1. The average Bonchev–Trinajstić information content (AvgIpc) is 3.28. The maximum atomic E-state index is 11.2. The van der Waals surface area contributed by atoms with Crippen molar-refractivity contribution in [1.82, 2.24) is 19.9 Å². The summed E-state index contributed by atoms with van der Waals surface area (Å²) in [6, 6.07) is 13.3. The largest absolute Gasteiger partial charge is 0.492 e. The fourth-order valence-electron chi connectivity index (χ4n) is 3.10. The molecule has 0 unspecified atom stereocenters. The number of rotatable bonds is 7. The van der Waals surface area contributed by atoms with Crippen molar-refractivity contribution in [3.8, 4) is 39.7 Å². The summed E-state index contributed by atoms with van der Waals surface area (Å²) >= 11 is 0. The molecule has 4 rings (SSSR count). The molecule has 0 atom stereocenters. The van der Waals surface area contributed by atoms with Crippen molar-refractivity contribution in [2.45, 2.75) is 20.8 Å². The SMILES string of the molecule is Cc1ccncc1-c1cnc(-c2ccc(-c3ccc(OCC(C)(C)C(=O)O)cc3)nc2)[nH]1. The van der Waals surface area contributed by atoms with E-state index in [4.69, 9.17) is 4.74 Å². The van der Waals surface area contributed by atoms with Crippen LogP contribution in [0.25, 0.3) is 33.9 Å². The Hall–Kier alpha value is -4.00. The van der Waals surface area contributed by atoms with Crippen molar-refractivity contribution in [3.05, 3.63) is 72.8 Å². The molecule has 0 aliphatic rings. The summed E-state index contributed by atoms with van der Waals surface area (Å²) in [5.74, 6) is 0.471. The third kappa shape index (κ3) is 4.51. The standard InChI is InChI=1S/C25H24N4O3/c1-16-10-11-26-13-20(16)22-14-28-23(29-22)18-6-9-21(27-12-18)17-4-7-19(8-5-17)32-15-25(2,3)24(30)31/h4-14H,15H2,1-3H3,(H,28,29)(H,30,31). The molecule has 0 saturated carbocycles. The first-order valence-corrected chi connectivity index (χ1v) is 10.2. The minimum Gasteiger partial charge on any atom is -0.492 e. The molecule has 0 fully saturated rings. The molecular formula is C25H24N4O3. The zero-order valence-corrected chi connectivity index (χ0v) is 18.2. The van der Waals surface area contributed by atoms with E-state index in [2.05, 4.69) is 19.9 Å². The number of benzene rings is 1. The molecule has 7 nitrogen and oxygen atoms in total. The summed E-state index contributed by atoms with van der Waals surface area (Å²) in [6.07, 6.45) is 7.18. The number of aromatic nitrogens is 4. The van der Waals surface area contributed by atoms with E-state index in [1.807, 2.05) is 55.6 Å². The van der Waals surface area contributed by atoms with E-state index in [0.717, 1.165) is 39.5 Å². The van der Waals surface area contributed by atoms with Crippen molar-refractivity contribution in [1.29, 1.82) is 0 Å². The number of pyridine rings is 2. The van der Waals surface area contributed by atoms with Crippen LogP contribution in [0.1, 0.15) is 19.4 Å². The highest BCUT2D eigenvalue weighted by atomic mass is 16.5. The number of H-pyrrole nitrogens is 1. The van der Waals surface area contributed by atoms with Gasteiger partial charge < -0.3 is 14.8 Å². The lowest BCUT2D eigenvalue weighted by atomic mass is 9.95. The van der Waals surface area contributed by atoms with Crippen molar-refractivity contribution in [2.24, 2.45) is 5.41 Å². The molecular weight excluding hydrogens is 404 g/mol. The van der Waals surface area contributed by atoms with E-state index in [1.165, 1.54) is 0 Å².